The smallest absolute Gasteiger partial charge is 0.267 e. The van der Waals surface area contributed by atoms with E-state index in [0.29, 0.717) is 57.9 Å². The third kappa shape index (κ3) is 4.99. The summed E-state index contributed by atoms with van der Waals surface area (Å²) in [6, 6.07) is 15.6. The Labute approximate surface area is 217 Å². The van der Waals surface area contributed by atoms with Crippen molar-refractivity contribution in [1.82, 2.24) is 19.4 Å². The highest BCUT2D eigenvalue weighted by molar-refractivity contribution is 6.31. The molecule has 36 heavy (non-hydrogen) atoms. The highest BCUT2D eigenvalue weighted by atomic mass is 35.5. The minimum absolute atomic E-state index is 0.00889. The lowest BCUT2D eigenvalue weighted by molar-refractivity contribution is -0.120. The van der Waals surface area contributed by atoms with Crippen molar-refractivity contribution >= 4 is 45.7 Å². The first-order chi connectivity index (χ1) is 17.4. The van der Waals surface area contributed by atoms with E-state index in [9.17, 15) is 9.59 Å². The third-order valence-electron chi connectivity index (χ3n) is 6.12. The van der Waals surface area contributed by atoms with Crippen LogP contribution in [-0.2, 0) is 9.53 Å². The van der Waals surface area contributed by atoms with Crippen LogP contribution in [0.3, 0.4) is 0 Å². The predicted octanol–water partition coefficient (Wildman–Crippen LogP) is 4.05. The van der Waals surface area contributed by atoms with Gasteiger partial charge in [0.15, 0.2) is 0 Å². The summed E-state index contributed by atoms with van der Waals surface area (Å²) in [6.07, 6.45) is 1.54. The Hall–Kier alpha value is -3.30. The van der Waals surface area contributed by atoms with E-state index in [-0.39, 0.29) is 11.5 Å². The minimum Gasteiger partial charge on any atom is -0.379 e. The predicted molar refractivity (Wildman–Crippen MR) is 141 cm³/mol. The number of carbonyl (C=O) groups excluding carboxylic acids is 1. The molecule has 0 atom stereocenters. The number of rotatable bonds is 5. The van der Waals surface area contributed by atoms with Gasteiger partial charge in [0.05, 0.1) is 30.7 Å². The first-order valence-corrected chi connectivity index (χ1v) is 12.2. The van der Waals surface area contributed by atoms with Crippen LogP contribution in [0.5, 0.6) is 0 Å². The van der Waals surface area contributed by atoms with E-state index in [1.54, 1.807) is 42.3 Å². The molecule has 8 nitrogen and oxygen atoms in total. The number of likely N-dealkylation sites (N-methyl/N-ethyl adjacent to an activating group) is 1. The van der Waals surface area contributed by atoms with Crippen molar-refractivity contribution in [2.75, 3.05) is 44.8 Å². The first-order valence-electron chi connectivity index (χ1n) is 11.4. The number of nitrogens with zero attached hydrogens (tertiary/aromatic N) is 5. The molecular weight excluding hydrogens is 501 g/mol. The van der Waals surface area contributed by atoms with Crippen LogP contribution in [-0.4, -0.2) is 65.2 Å². The molecule has 0 unspecified atom stereocenters. The van der Waals surface area contributed by atoms with Gasteiger partial charge in [0.25, 0.3) is 5.56 Å². The zero-order valence-corrected chi connectivity index (χ0v) is 21.0. The average Bonchev–Trinajstić information content (AvgIpc) is 2.89. The zero-order valence-electron chi connectivity index (χ0n) is 19.5. The summed E-state index contributed by atoms with van der Waals surface area (Å²) in [6.45, 7) is 3.09. The number of benzene rings is 2. The molecule has 0 saturated carbocycles. The summed E-state index contributed by atoms with van der Waals surface area (Å²) >= 11 is 12.4. The van der Waals surface area contributed by atoms with E-state index >= 15 is 0 Å². The Morgan fingerprint density at radius 1 is 1.03 bits per heavy atom. The fourth-order valence-electron chi connectivity index (χ4n) is 4.11. The zero-order chi connectivity index (χ0) is 25.2. The molecule has 3 heterocycles. The van der Waals surface area contributed by atoms with Crippen molar-refractivity contribution < 1.29 is 9.53 Å². The number of anilines is 1. The van der Waals surface area contributed by atoms with Gasteiger partial charge in [0, 0.05) is 53.7 Å². The van der Waals surface area contributed by atoms with Crippen LogP contribution < -0.4 is 10.5 Å². The third-order valence-corrected chi connectivity index (χ3v) is 6.59. The summed E-state index contributed by atoms with van der Waals surface area (Å²) in [7, 11) is 1.75. The number of aromatic nitrogens is 3. The molecule has 10 heteroatoms. The maximum Gasteiger partial charge on any atom is 0.267 e. The topological polar surface area (TPSA) is 80.6 Å². The van der Waals surface area contributed by atoms with Crippen molar-refractivity contribution in [1.29, 1.82) is 0 Å². The standard InChI is InChI=1S/C26H23Cl2N5O3/c1-31(24(34)16-32-10-12-36-13-11-32)20-5-2-17(3-6-20)25-30-22-7-4-18(27)14-21(22)26(35)33(25)23-15-19(28)8-9-29-23/h2-9,14-15H,10-13,16H2,1H3. The molecule has 2 aromatic heterocycles. The number of carbonyl (C=O) groups is 1. The van der Waals surface area contributed by atoms with Crippen molar-refractivity contribution in [2.45, 2.75) is 0 Å². The largest absolute Gasteiger partial charge is 0.379 e. The molecular formula is C26H23Cl2N5O3. The molecule has 1 aliphatic rings. The van der Waals surface area contributed by atoms with E-state index < -0.39 is 0 Å². The number of morpholine rings is 1. The van der Waals surface area contributed by atoms with Crippen molar-refractivity contribution in [3.8, 4) is 17.2 Å². The van der Waals surface area contributed by atoms with Crippen LogP contribution in [0, 0.1) is 0 Å². The van der Waals surface area contributed by atoms with E-state index in [0.717, 1.165) is 18.8 Å². The Balaban J connectivity index is 1.53. The summed E-state index contributed by atoms with van der Waals surface area (Å²) < 4.78 is 6.78. The summed E-state index contributed by atoms with van der Waals surface area (Å²) in [5.41, 5.74) is 1.62. The van der Waals surface area contributed by atoms with Gasteiger partial charge >= 0.3 is 0 Å². The van der Waals surface area contributed by atoms with E-state index in [4.69, 9.17) is 32.9 Å². The molecule has 0 bridgehead atoms. The molecule has 4 aromatic rings. The lowest BCUT2D eigenvalue weighted by Gasteiger charge is -2.28. The first kappa shape index (κ1) is 24.4. The van der Waals surface area contributed by atoms with Crippen LogP contribution in [0.15, 0.2) is 65.6 Å². The van der Waals surface area contributed by atoms with Gasteiger partial charge in [-0.3, -0.25) is 14.5 Å². The number of hydrogen-bond acceptors (Lipinski definition) is 6. The number of ether oxygens (including phenoxy) is 1. The van der Waals surface area contributed by atoms with Crippen LogP contribution in [0.4, 0.5) is 5.69 Å². The maximum atomic E-state index is 13.6. The summed E-state index contributed by atoms with van der Waals surface area (Å²) in [5.74, 6) is 0.739. The average molecular weight is 524 g/mol. The number of amides is 1. The molecule has 5 rings (SSSR count). The molecule has 2 aromatic carbocycles. The highest BCUT2D eigenvalue weighted by Gasteiger charge is 2.19. The van der Waals surface area contributed by atoms with Gasteiger partial charge in [-0.05, 0) is 48.5 Å². The Kier molecular flexibility index (Phi) is 7.02. The summed E-state index contributed by atoms with van der Waals surface area (Å²) in [5, 5.41) is 1.26. The number of pyridine rings is 1. The molecule has 1 aliphatic heterocycles. The van der Waals surface area contributed by atoms with Crippen LogP contribution in [0.25, 0.3) is 28.1 Å². The van der Waals surface area contributed by atoms with Crippen molar-refractivity contribution in [3.05, 3.63) is 81.2 Å². The van der Waals surface area contributed by atoms with Crippen LogP contribution in [0.2, 0.25) is 10.0 Å². The Morgan fingerprint density at radius 3 is 2.47 bits per heavy atom. The van der Waals surface area contributed by atoms with Crippen molar-refractivity contribution in [2.24, 2.45) is 0 Å². The molecule has 1 amide bonds. The monoisotopic (exact) mass is 523 g/mol. The van der Waals surface area contributed by atoms with E-state index in [2.05, 4.69) is 9.88 Å². The SMILES string of the molecule is CN(C(=O)CN1CCOCC1)c1ccc(-c2nc3ccc(Cl)cc3c(=O)n2-c2cc(Cl)ccn2)cc1. The van der Waals surface area contributed by atoms with Crippen LogP contribution in [0.1, 0.15) is 0 Å². The second kappa shape index (κ2) is 10.4. The van der Waals surface area contributed by atoms with Gasteiger partial charge in [-0.2, -0.15) is 0 Å². The number of hydrogen-bond donors (Lipinski definition) is 0. The Morgan fingerprint density at radius 2 is 1.75 bits per heavy atom. The van der Waals surface area contributed by atoms with Gasteiger partial charge in [0.2, 0.25) is 5.91 Å². The van der Waals surface area contributed by atoms with Gasteiger partial charge in [-0.15, -0.1) is 0 Å². The lowest BCUT2D eigenvalue weighted by Crippen LogP contribution is -2.43. The molecule has 1 fully saturated rings. The van der Waals surface area contributed by atoms with Crippen LogP contribution >= 0.6 is 23.2 Å². The number of halogens is 2. The van der Waals surface area contributed by atoms with Gasteiger partial charge in [-0.25, -0.2) is 14.5 Å². The fourth-order valence-corrected chi connectivity index (χ4v) is 4.44. The molecule has 0 radical (unpaired) electrons. The molecule has 1 saturated heterocycles. The van der Waals surface area contributed by atoms with Gasteiger partial charge in [0.1, 0.15) is 11.6 Å². The highest BCUT2D eigenvalue weighted by Crippen LogP contribution is 2.26. The second-order valence-corrected chi connectivity index (χ2v) is 9.33. The normalized spacial score (nSPS) is 14.2. The van der Waals surface area contributed by atoms with E-state index in [1.807, 2.05) is 24.3 Å². The maximum absolute atomic E-state index is 13.6. The second-order valence-electron chi connectivity index (χ2n) is 8.46. The lowest BCUT2D eigenvalue weighted by atomic mass is 10.1. The Bertz CT molecular complexity index is 1480. The van der Waals surface area contributed by atoms with Gasteiger partial charge in [-0.1, -0.05) is 23.2 Å². The molecule has 184 valence electrons. The fraction of sp³-hybridized carbons (Fsp3) is 0.231. The molecule has 0 spiro atoms. The van der Waals surface area contributed by atoms with Crippen molar-refractivity contribution in [3.63, 3.8) is 0 Å². The summed E-state index contributed by atoms with van der Waals surface area (Å²) in [4.78, 5) is 39.2. The molecule has 0 aliphatic carbocycles. The minimum atomic E-state index is -0.311. The van der Waals surface area contributed by atoms with Gasteiger partial charge < -0.3 is 9.64 Å². The van der Waals surface area contributed by atoms with E-state index in [1.165, 1.54) is 10.8 Å². The number of fused-ring (bicyclic) bond motifs is 1. The molecule has 0 N–H and O–H groups in total. The quantitative estimate of drug-likeness (QED) is 0.392.